The van der Waals surface area contributed by atoms with Crippen molar-refractivity contribution in [1.29, 1.82) is 0 Å². The van der Waals surface area contributed by atoms with E-state index in [2.05, 4.69) is 216 Å². The zero-order valence-electron chi connectivity index (χ0n) is 34.7. The molecule has 0 saturated heterocycles. The summed E-state index contributed by atoms with van der Waals surface area (Å²) in [5.41, 5.74) is 21.4. The van der Waals surface area contributed by atoms with Gasteiger partial charge in [-0.25, -0.2) is 0 Å². The number of rotatable bonds is 7. The highest BCUT2D eigenvalue weighted by Crippen LogP contribution is 2.69. The lowest BCUT2D eigenvalue weighted by atomic mass is 9.68. The maximum absolute atomic E-state index is 2.68. The van der Waals surface area contributed by atoms with Crippen LogP contribution >= 0.6 is 0 Å². The topological polar surface area (TPSA) is 6.48 Å². The third kappa shape index (κ3) is 5.23. The van der Waals surface area contributed by atoms with E-state index in [4.69, 9.17) is 0 Å². The van der Waals surface area contributed by atoms with Crippen LogP contribution in [0.4, 0.5) is 34.1 Å². The van der Waals surface area contributed by atoms with Crippen molar-refractivity contribution in [3.05, 3.63) is 240 Å². The van der Waals surface area contributed by atoms with Gasteiger partial charge in [-0.15, -0.1) is 0 Å². The van der Waals surface area contributed by atoms with Gasteiger partial charge in [0.15, 0.2) is 0 Å². The minimum absolute atomic E-state index is 0.144. The van der Waals surface area contributed by atoms with Crippen molar-refractivity contribution < 1.29 is 0 Å². The Kier molecular flexibility index (Phi) is 8.00. The number of nitrogens with zero attached hydrogens (tertiary/aromatic N) is 2. The molecule has 1 fully saturated rings. The Morgan fingerprint density at radius 2 is 0.887 bits per heavy atom. The fraction of sp³-hybridized carbons (Fsp3) is 0.133. The summed E-state index contributed by atoms with van der Waals surface area (Å²) < 4.78 is 0. The van der Waals surface area contributed by atoms with Crippen LogP contribution in [0.2, 0.25) is 0 Å². The summed E-state index contributed by atoms with van der Waals surface area (Å²) in [5.74, 6) is 1.03. The van der Waals surface area contributed by atoms with Gasteiger partial charge in [-0.2, -0.15) is 0 Å². The highest BCUT2D eigenvalue weighted by atomic mass is 15.2. The largest absolute Gasteiger partial charge is 0.310 e. The highest BCUT2D eigenvalue weighted by molar-refractivity contribution is 6.00. The molecule has 9 aromatic rings. The van der Waals surface area contributed by atoms with E-state index in [1.54, 1.807) is 0 Å². The molecule has 1 saturated carbocycles. The maximum Gasteiger partial charge on any atom is 0.0546 e. The Labute approximate surface area is 364 Å². The minimum atomic E-state index is -0.144. The molecule has 0 N–H and O–H groups in total. The van der Waals surface area contributed by atoms with Crippen molar-refractivity contribution in [2.45, 2.75) is 37.5 Å². The molecule has 1 spiro atoms. The molecule has 0 radical (unpaired) electrons. The molecule has 4 aliphatic rings. The van der Waals surface area contributed by atoms with Gasteiger partial charge in [0.05, 0.1) is 17.1 Å². The highest BCUT2D eigenvalue weighted by Gasteiger charge is 2.62. The molecule has 0 bridgehead atoms. The van der Waals surface area contributed by atoms with Gasteiger partial charge < -0.3 is 9.80 Å². The lowest BCUT2D eigenvalue weighted by molar-refractivity contribution is 0.350. The van der Waals surface area contributed by atoms with E-state index in [-0.39, 0.29) is 5.41 Å². The van der Waals surface area contributed by atoms with Crippen molar-refractivity contribution >= 4 is 44.9 Å². The van der Waals surface area contributed by atoms with E-state index < -0.39 is 0 Å². The Bertz CT molecular complexity index is 3140. The molecule has 13 rings (SSSR count). The second-order valence-corrected chi connectivity index (χ2v) is 18.0. The second-order valence-electron chi connectivity index (χ2n) is 18.0. The van der Waals surface area contributed by atoms with Crippen LogP contribution in [0.25, 0.3) is 33.0 Å². The Morgan fingerprint density at radius 1 is 0.355 bits per heavy atom. The molecule has 4 aliphatic carbocycles. The zero-order chi connectivity index (χ0) is 40.8. The third-order valence-corrected chi connectivity index (χ3v) is 14.9. The molecule has 2 heteroatoms. The summed E-state index contributed by atoms with van der Waals surface area (Å²) in [4.78, 5) is 5.22. The Hall–Kier alpha value is -7.16. The summed E-state index contributed by atoms with van der Waals surface area (Å²) in [7, 11) is 0. The molecule has 0 amide bonds. The third-order valence-electron chi connectivity index (χ3n) is 14.9. The normalized spacial score (nSPS) is 18.7. The molecule has 296 valence electrons. The number of para-hydroxylation sites is 2. The molecule has 0 aromatic heterocycles. The predicted molar refractivity (Wildman–Crippen MR) is 258 cm³/mol. The van der Waals surface area contributed by atoms with Crippen LogP contribution in [0.5, 0.6) is 0 Å². The standard InChI is InChI=1S/C60H46N2/c1-4-16-40(17-5-1)54-38-41-18-10-11-19-42(41)39-57(54)62(51-32-33-53-46(37-51)34-43-20-12-13-27-52(43)53)56-29-15-22-45-36-48-31-30-47-35-44-21-14-28-55(58(44)60(47,48)59(45)56)61(49-23-6-2-7-24-49)50-25-8-3-9-26-50/h1-29,32-33,37-39,47-48H,30-31,34-36H2. The number of anilines is 6. The van der Waals surface area contributed by atoms with E-state index in [0.29, 0.717) is 11.8 Å². The summed E-state index contributed by atoms with van der Waals surface area (Å²) >= 11 is 0. The van der Waals surface area contributed by atoms with Gasteiger partial charge in [-0.05, 0) is 165 Å². The molecule has 3 unspecified atom stereocenters. The van der Waals surface area contributed by atoms with Crippen LogP contribution in [0.3, 0.4) is 0 Å². The zero-order valence-corrected chi connectivity index (χ0v) is 34.7. The van der Waals surface area contributed by atoms with Crippen LogP contribution in [-0.2, 0) is 24.7 Å². The first-order chi connectivity index (χ1) is 30.7. The Balaban J connectivity index is 1.10. The lowest BCUT2D eigenvalue weighted by Crippen LogP contribution is -2.34. The Morgan fingerprint density at radius 3 is 1.55 bits per heavy atom. The van der Waals surface area contributed by atoms with Gasteiger partial charge in [-0.3, -0.25) is 0 Å². The molecular weight excluding hydrogens is 749 g/mol. The predicted octanol–water partition coefficient (Wildman–Crippen LogP) is 15.4. The van der Waals surface area contributed by atoms with Crippen LogP contribution in [0, 0.1) is 11.8 Å². The summed E-state index contributed by atoms with van der Waals surface area (Å²) in [6.45, 7) is 0. The SMILES string of the molecule is c1ccc(-c2cc3ccccc3cc2N(c2ccc3c(c2)Cc2ccccc2-3)c2cccc3c2C24c5c(cccc5N(c5ccccc5)c5ccccc5)CC2CCC4C3)cc1. The van der Waals surface area contributed by atoms with Crippen LogP contribution in [0.1, 0.15) is 46.2 Å². The summed E-state index contributed by atoms with van der Waals surface area (Å²) in [6, 6.07) is 77.6. The summed E-state index contributed by atoms with van der Waals surface area (Å²) in [6.07, 6.45) is 5.63. The van der Waals surface area contributed by atoms with E-state index in [1.165, 1.54) is 113 Å². The van der Waals surface area contributed by atoms with E-state index >= 15 is 0 Å². The monoisotopic (exact) mass is 794 g/mol. The van der Waals surface area contributed by atoms with Gasteiger partial charge in [0.2, 0.25) is 0 Å². The number of fused-ring (bicyclic) bond motifs is 6. The van der Waals surface area contributed by atoms with Gasteiger partial charge in [0.1, 0.15) is 0 Å². The molecule has 3 atom stereocenters. The van der Waals surface area contributed by atoms with Gasteiger partial charge >= 0.3 is 0 Å². The molecule has 0 heterocycles. The maximum atomic E-state index is 2.68. The molecule has 62 heavy (non-hydrogen) atoms. The van der Waals surface area contributed by atoms with Crippen molar-refractivity contribution in [2.24, 2.45) is 11.8 Å². The second kappa shape index (κ2) is 13.9. The molecule has 9 aromatic carbocycles. The minimum Gasteiger partial charge on any atom is -0.310 e. The van der Waals surface area contributed by atoms with E-state index in [9.17, 15) is 0 Å². The average molecular weight is 795 g/mol. The first-order valence-electron chi connectivity index (χ1n) is 22.5. The number of hydrogen-bond donors (Lipinski definition) is 0. The van der Waals surface area contributed by atoms with Crippen LogP contribution in [-0.4, -0.2) is 0 Å². The first kappa shape index (κ1) is 35.6. The van der Waals surface area contributed by atoms with Crippen LogP contribution < -0.4 is 9.80 Å². The van der Waals surface area contributed by atoms with E-state index in [1.807, 2.05) is 0 Å². The van der Waals surface area contributed by atoms with E-state index in [0.717, 1.165) is 19.3 Å². The number of hydrogen-bond acceptors (Lipinski definition) is 2. The van der Waals surface area contributed by atoms with Crippen molar-refractivity contribution in [3.63, 3.8) is 0 Å². The quantitative estimate of drug-likeness (QED) is 0.159. The van der Waals surface area contributed by atoms with Crippen molar-refractivity contribution in [2.75, 3.05) is 9.80 Å². The molecule has 0 aliphatic heterocycles. The molecular formula is C60H46N2. The van der Waals surface area contributed by atoms with Crippen LogP contribution in [0.15, 0.2) is 206 Å². The number of benzene rings is 9. The van der Waals surface area contributed by atoms with Gasteiger partial charge in [-0.1, -0.05) is 146 Å². The summed E-state index contributed by atoms with van der Waals surface area (Å²) in [5, 5.41) is 2.50. The van der Waals surface area contributed by atoms with Crippen molar-refractivity contribution in [1.82, 2.24) is 0 Å². The average Bonchev–Trinajstić information content (AvgIpc) is 4.07. The van der Waals surface area contributed by atoms with Gasteiger partial charge in [0.25, 0.3) is 0 Å². The smallest absolute Gasteiger partial charge is 0.0546 e. The lowest BCUT2D eigenvalue weighted by Gasteiger charge is -2.40. The molecule has 2 nitrogen and oxygen atoms in total. The van der Waals surface area contributed by atoms with Gasteiger partial charge in [0, 0.05) is 28.0 Å². The fourth-order valence-electron chi connectivity index (χ4n) is 12.6. The fourth-order valence-corrected chi connectivity index (χ4v) is 12.6. The van der Waals surface area contributed by atoms with Crippen molar-refractivity contribution in [3.8, 4) is 22.3 Å². The first-order valence-corrected chi connectivity index (χ1v) is 22.5.